The van der Waals surface area contributed by atoms with E-state index in [2.05, 4.69) is 41.7 Å². The molecule has 67 valence electrons. The molecule has 1 radical (unpaired) electrons. The third-order valence-corrected chi connectivity index (χ3v) is 2.61. The van der Waals surface area contributed by atoms with Crippen molar-refractivity contribution < 1.29 is 0 Å². The van der Waals surface area contributed by atoms with Crippen LogP contribution in [-0.2, 0) is 6.54 Å². The summed E-state index contributed by atoms with van der Waals surface area (Å²) in [4.78, 5) is 0. The molecule has 0 fully saturated rings. The van der Waals surface area contributed by atoms with E-state index in [1.54, 1.807) is 0 Å². The monoisotopic (exact) mass is 180 g/mol. The average molecular weight is 180 g/mol. The molecule has 0 saturated heterocycles. The van der Waals surface area contributed by atoms with Crippen molar-refractivity contribution in [3.8, 4) is 11.1 Å². The van der Waals surface area contributed by atoms with E-state index in [1.807, 2.05) is 12.1 Å². The maximum Gasteiger partial charge on any atom is 0.0428 e. The molecule has 1 heteroatoms. The molecular formula is C13H10N. The van der Waals surface area contributed by atoms with Gasteiger partial charge in [-0.15, -0.1) is 0 Å². The van der Waals surface area contributed by atoms with Crippen molar-refractivity contribution >= 4 is 5.69 Å². The van der Waals surface area contributed by atoms with Gasteiger partial charge in [-0.3, -0.25) is 0 Å². The summed E-state index contributed by atoms with van der Waals surface area (Å²) in [6.07, 6.45) is 0. The quantitative estimate of drug-likeness (QED) is 0.657. The molecule has 1 heterocycles. The Morgan fingerprint density at radius 3 is 3.00 bits per heavy atom. The number of fused-ring (bicyclic) bond motifs is 3. The van der Waals surface area contributed by atoms with E-state index in [0.717, 1.165) is 6.54 Å². The summed E-state index contributed by atoms with van der Waals surface area (Å²) in [7, 11) is 0. The zero-order valence-electron chi connectivity index (χ0n) is 7.75. The number of nitrogens with one attached hydrogen (secondary N) is 1. The van der Waals surface area contributed by atoms with E-state index in [4.69, 9.17) is 0 Å². The van der Waals surface area contributed by atoms with Gasteiger partial charge in [-0.2, -0.15) is 0 Å². The Balaban J connectivity index is 2.29. The Morgan fingerprint density at radius 1 is 1.07 bits per heavy atom. The molecule has 1 aliphatic rings. The number of hydrogen-bond acceptors (Lipinski definition) is 1. The topological polar surface area (TPSA) is 12.0 Å². The lowest BCUT2D eigenvalue weighted by Crippen LogP contribution is -2.07. The maximum absolute atomic E-state index is 3.39. The first-order valence-electron chi connectivity index (χ1n) is 4.78. The fourth-order valence-electron chi connectivity index (χ4n) is 1.92. The summed E-state index contributed by atoms with van der Waals surface area (Å²) >= 11 is 0. The van der Waals surface area contributed by atoms with Crippen LogP contribution in [0, 0.1) is 6.07 Å². The van der Waals surface area contributed by atoms with Crippen molar-refractivity contribution in [3.05, 3.63) is 54.1 Å². The van der Waals surface area contributed by atoms with Gasteiger partial charge in [0.2, 0.25) is 0 Å². The zero-order chi connectivity index (χ0) is 9.38. The first kappa shape index (κ1) is 7.63. The molecule has 1 nitrogen and oxygen atoms in total. The lowest BCUT2D eigenvalue weighted by atomic mass is 9.95. The molecule has 0 amide bonds. The summed E-state index contributed by atoms with van der Waals surface area (Å²) in [6.45, 7) is 0.918. The van der Waals surface area contributed by atoms with E-state index in [9.17, 15) is 0 Å². The van der Waals surface area contributed by atoms with Gasteiger partial charge in [-0.25, -0.2) is 0 Å². The van der Waals surface area contributed by atoms with Crippen LogP contribution in [0.1, 0.15) is 5.56 Å². The Morgan fingerprint density at radius 2 is 2.00 bits per heavy atom. The fraction of sp³-hybridized carbons (Fsp3) is 0.0769. The number of hydrogen-bond donors (Lipinski definition) is 1. The highest BCUT2D eigenvalue weighted by Crippen LogP contribution is 2.34. The SMILES string of the molecule is [c]1cccc2c1-c1ccccc1CN2. The van der Waals surface area contributed by atoms with Crippen molar-refractivity contribution in [2.75, 3.05) is 5.32 Å². The van der Waals surface area contributed by atoms with Gasteiger partial charge < -0.3 is 5.32 Å². The molecular weight excluding hydrogens is 170 g/mol. The predicted octanol–water partition coefficient (Wildman–Crippen LogP) is 3.08. The van der Waals surface area contributed by atoms with Crippen molar-refractivity contribution in [2.24, 2.45) is 0 Å². The molecule has 0 aromatic heterocycles. The van der Waals surface area contributed by atoms with Crippen LogP contribution in [0.5, 0.6) is 0 Å². The molecule has 0 atom stereocenters. The van der Waals surface area contributed by atoms with Crippen LogP contribution in [0.25, 0.3) is 11.1 Å². The number of rotatable bonds is 0. The summed E-state index contributed by atoms with van der Waals surface area (Å²) in [5.74, 6) is 0. The molecule has 1 aliphatic heterocycles. The lowest BCUT2D eigenvalue weighted by Gasteiger charge is -2.20. The molecule has 2 aromatic rings. The van der Waals surface area contributed by atoms with Gasteiger partial charge in [0.05, 0.1) is 0 Å². The van der Waals surface area contributed by atoms with E-state index in [1.165, 1.54) is 22.4 Å². The maximum atomic E-state index is 3.39. The van der Waals surface area contributed by atoms with E-state index in [-0.39, 0.29) is 0 Å². The highest BCUT2D eigenvalue weighted by Gasteiger charge is 2.13. The molecule has 14 heavy (non-hydrogen) atoms. The molecule has 0 spiro atoms. The second-order valence-corrected chi connectivity index (χ2v) is 3.47. The van der Waals surface area contributed by atoms with Crippen LogP contribution in [0.15, 0.2) is 42.5 Å². The Hall–Kier alpha value is -1.76. The Labute approximate surface area is 83.4 Å². The third kappa shape index (κ3) is 1.02. The smallest absolute Gasteiger partial charge is 0.0428 e. The van der Waals surface area contributed by atoms with Crippen LogP contribution in [0.2, 0.25) is 0 Å². The second kappa shape index (κ2) is 2.88. The molecule has 1 N–H and O–H groups in total. The van der Waals surface area contributed by atoms with Gasteiger partial charge in [0, 0.05) is 17.8 Å². The first-order valence-corrected chi connectivity index (χ1v) is 4.78. The van der Waals surface area contributed by atoms with Crippen LogP contribution in [0.3, 0.4) is 0 Å². The van der Waals surface area contributed by atoms with Crippen LogP contribution >= 0.6 is 0 Å². The summed E-state index contributed by atoms with van der Waals surface area (Å²) in [5, 5.41) is 3.39. The van der Waals surface area contributed by atoms with E-state index >= 15 is 0 Å². The zero-order valence-corrected chi connectivity index (χ0v) is 7.75. The minimum absolute atomic E-state index is 0.918. The molecule has 0 unspecified atom stereocenters. The molecule has 0 aliphatic carbocycles. The highest BCUT2D eigenvalue weighted by atomic mass is 14.9. The molecule has 3 rings (SSSR count). The van der Waals surface area contributed by atoms with Gasteiger partial charge >= 0.3 is 0 Å². The van der Waals surface area contributed by atoms with Gasteiger partial charge in [0.25, 0.3) is 0 Å². The van der Waals surface area contributed by atoms with Gasteiger partial charge in [0.15, 0.2) is 0 Å². The van der Waals surface area contributed by atoms with Crippen molar-refractivity contribution in [3.63, 3.8) is 0 Å². The van der Waals surface area contributed by atoms with Gasteiger partial charge in [0.1, 0.15) is 0 Å². The first-order chi connectivity index (χ1) is 6.95. The minimum Gasteiger partial charge on any atom is -0.380 e. The minimum atomic E-state index is 0.918. The highest BCUT2D eigenvalue weighted by molar-refractivity contribution is 5.82. The van der Waals surface area contributed by atoms with Gasteiger partial charge in [-0.05, 0) is 23.3 Å². The Bertz CT molecular complexity index is 429. The normalized spacial score (nSPS) is 12.6. The summed E-state index contributed by atoms with van der Waals surface area (Å²) in [6, 6.07) is 17.8. The number of anilines is 1. The lowest BCUT2D eigenvalue weighted by molar-refractivity contribution is 1.13. The van der Waals surface area contributed by atoms with Gasteiger partial charge in [-0.1, -0.05) is 36.4 Å². The third-order valence-electron chi connectivity index (χ3n) is 2.61. The van der Waals surface area contributed by atoms with Crippen molar-refractivity contribution in [2.45, 2.75) is 6.54 Å². The van der Waals surface area contributed by atoms with E-state index < -0.39 is 0 Å². The largest absolute Gasteiger partial charge is 0.380 e. The molecule has 2 aromatic carbocycles. The average Bonchev–Trinajstić information content (AvgIpc) is 2.29. The van der Waals surface area contributed by atoms with E-state index in [0.29, 0.717) is 0 Å². The van der Waals surface area contributed by atoms with Crippen molar-refractivity contribution in [1.29, 1.82) is 0 Å². The second-order valence-electron chi connectivity index (χ2n) is 3.47. The fourth-order valence-corrected chi connectivity index (χ4v) is 1.92. The van der Waals surface area contributed by atoms with Crippen LogP contribution in [0.4, 0.5) is 5.69 Å². The van der Waals surface area contributed by atoms with Crippen molar-refractivity contribution in [1.82, 2.24) is 0 Å². The molecule has 0 saturated carbocycles. The van der Waals surface area contributed by atoms with Crippen LogP contribution < -0.4 is 5.32 Å². The number of benzene rings is 2. The predicted molar refractivity (Wildman–Crippen MR) is 58.0 cm³/mol. The standard InChI is InChI=1S/C13H10N/c1-2-6-11-10(5-1)9-14-13-8-4-3-7-12(11)13/h1-6,8,14H,9H2. The summed E-state index contributed by atoms with van der Waals surface area (Å²) < 4.78 is 0. The Kier molecular flexibility index (Phi) is 1.57. The summed E-state index contributed by atoms with van der Waals surface area (Å²) in [5.41, 5.74) is 5.03. The van der Waals surface area contributed by atoms with Crippen LogP contribution in [-0.4, -0.2) is 0 Å². The molecule has 0 bridgehead atoms.